The minimum atomic E-state index is -0.318. The van der Waals surface area contributed by atoms with Gasteiger partial charge in [-0.1, -0.05) is 81.0 Å². The number of carbonyl (C=O) groups is 1. The number of carbonyl (C=O) groups excluding carboxylic acids is 1. The fourth-order valence-corrected chi connectivity index (χ4v) is 3.73. The molecule has 0 fully saturated rings. The number of nitrogens with zero attached hydrogens (tertiary/aromatic N) is 2. The summed E-state index contributed by atoms with van der Waals surface area (Å²) in [4.78, 5) is 18.9. The van der Waals surface area contributed by atoms with Crippen LogP contribution in [-0.2, 0) is 9.53 Å². The minimum absolute atomic E-state index is 0.0810. The van der Waals surface area contributed by atoms with Gasteiger partial charge in [0.25, 0.3) is 6.47 Å². The van der Waals surface area contributed by atoms with Crippen LogP contribution in [-0.4, -0.2) is 81.7 Å². The Bertz CT molecular complexity index is 1220. The van der Waals surface area contributed by atoms with Gasteiger partial charge >= 0.3 is 0 Å². The molecule has 2 rings (SSSR count). The molecule has 0 bridgehead atoms. The van der Waals surface area contributed by atoms with E-state index in [1.807, 2.05) is 79.8 Å². The molecule has 0 aliphatic carbocycles. The lowest BCUT2D eigenvalue weighted by atomic mass is 10.1. The van der Waals surface area contributed by atoms with E-state index in [-0.39, 0.29) is 18.2 Å². The van der Waals surface area contributed by atoms with Gasteiger partial charge in [-0.05, 0) is 84.3 Å². The second-order valence-electron chi connectivity index (χ2n) is 11.5. The van der Waals surface area contributed by atoms with Gasteiger partial charge in [0.1, 0.15) is 5.60 Å². The van der Waals surface area contributed by atoms with Crippen LogP contribution in [0.2, 0.25) is 0 Å². The smallest absolute Gasteiger partial charge is 0.293 e. The zero-order valence-corrected chi connectivity index (χ0v) is 31.8. The van der Waals surface area contributed by atoms with Crippen LogP contribution in [0.3, 0.4) is 0 Å². The summed E-state index contributed by atoms with van der Waals surface area (Å²) < 4.78 is 4.55. The van der Waals surface area contributed by atoms with Gasteiger partial charge in [-0.2, -0.15) is 0 Å². The van der Waals surface area contributed by atoms with Crippen LogP contribution in [0.15, 0.2) is 83.3 Å². The van der Waals surface area contributed by atoms with E-state index in [0.717, 1.165) is 55.0 Å². The highest BCUT2D eigenvalue weighted by molar-refractivity contribution is 5.92. The largest absolute Gasteiger partial charge is 0.462 e. The summed E-state index contributed by atoms with van der Waals surface area (Å²) >= 11 is 0. The molecule has 0 aromatic heterocycles. The van der Waals surface area contributed by atoms with Gasteiger partial charge in [0.2, 0.25) is 0 Å². The lowest BCUT2D eigenvalue weighted by Gasteiger charge is -2.15. The van der Waals surface area contributed by atoms with Crippen molar-refractivity contribution in [3.05, 3.63) is 84.5 Å². The first kappa shape index (κ1) is 47.1. The van der Waals surface area contributed by atoms with E-state index < -0.39 is 0 Å². The molecule has 1 atom stereocenters. The Morgan fingerprint density at radius 1 is 1.00 bits per heavy atom. The predicted octanol–water partition coefficient (Wildman–Crippen LogP) is 7.87. The lowest BCUT2D eigenvalue weighted by molar-refractivity contribution is -0.138. The Morgan fingerprint density at radius 3 is 2.22 bits per heavy atom. The molecule has 9 heteroatoms. The molecule has 274 valence electrons. The summed E-state index contributed by atoms with van der Waals surface area (Å²) in [7, 11) is 1.96. The second-order valence-corrected chi connectivity index (χ2v) is 11.5. The zero-order chi connectivity index (χ0) is 37.3. The van der Waals surface area contributed by atoms with Crippen molar-refractivity contribution in [2.45, 2.75) is 79.9 Å². The van der Waals surface area contributed by atoms with Crippen LogP contribution in [0.5, 0.6) is 0 Å². The minimum Gasteiger partial charge on any atom is -0.462 e. The van der Waals surface area contributed by atoms with Crippen LogP contribution in [0.4, 0.5) is 11.4 Å². The van der Waals surface area contributed by atoms with Crippen molar-refractivity contribution in [2.24, 2.45) is 9.98 Å². The van der Waals surface area contributed by atoms with Crippen LogP contribution in [0.25, 0.3) is 12.2 Å². The molecule has 0 saturated carbocycles. The molecule has 0 heterocycles. The second kappa shape index (κ2) is 31.2. The number of rotatable bonds is 19. The number of benzene rings is 2. The molecule has 2 aromatic rings. The molecular weight excluding hydrogens is 612 g/mol. The first-order valence-electron chi connectivity index (χ1n) is 17.3. The number of aliphatic imine (C=N–C) groups is 2. The van der Waals surface area contributed by atoms with Crippen molar-refractivity contribution in [3.8, 4) is 0 Å². The average molecular weight is 679 g/mol. The number of ether oxygens (including phenoxy) is 1. The number of likely N-dealkylation sites (N-methyl/N-ethyl adjacent to an activating group) is 1. The number of hydrogen-bond donors (Lipinski definition) is 5. The van der Waals surface area contributed by atoms with E-state index in [9.17, 15) is 9.90 Å². The summed E-state index contributed by atoms with van der Waals surface area (Å²) in [5.74, 6) is 0. The maximum absolute atomic E-state index is 9.83. The maximum atomic E-state index is 9.83. The van der Waals surface area contributed by atoms with E-state index in [1.165, 1.54) is 5.57 Å². The van der Waals surface area contributed by atoms with Gasteiger partial charge in [-0.25, -0.2) is 0 Å². The average Bonchev–Trinajstić information content (AvgIpc) is 3.12. The normalized spacial score (nSPS) is 12.1. The van der Waals surface area contributed by atoms with Gasteiger partial charge in [0.05, 0.1) is 49.2 Å². The Kier molecular flexibility index (Phi) is 30.0. The molecule has 2 aromatic carbocycles. The van der Waals surface area contributed by atoms with E-state index in [1.54, 1.807) is 6.34 Å². The summed E-state index contributed by atoms with van der Waals surface area (Å²) in [6, 6.07) is 16.8. The number of aliphatic hydroxyl groups is 1. The van der Waals surface area contributed by atoms with Gasteiger partial charge in [-0.15, -0.1) is 13.2 Å². The molecule has 0 aliphatic heterocycles. The van der Waals surface area contributed by atoms with Gasteiger partial charge in [0.15, 0.2) is 0 Å². The summed E-state index contributed by atoms with van der Waals surface area (Å²) in [5.41, 5.74) is 5.65. The van der Waals surface area contributed by atoms with Crippen molar-refractivity contribution in [1.29, 1.82) is 0 Å². The topological polar surface area (TPSA) is 119 Å². The molecule has 9 nitrogen and oxygen atoms in total. The standard InChI is InChI=1S/C31H46N6O.C5H10O2.C2H6.C2H4/c1-5-25(3)21-34-29(23-38)22-35-31-20-27(13-12-26-10-8-7-9-11-26)14-15-30(31)37-24-36-28(6-2)16-17-33-19-18-32-4;1-5(2,3)7-4-6;2*1-2/h5,7-15,20,24,28,32-33,35,38H,6,16-19,21-23H2,1-4H3,(H,36,37);4H,1-3H3;1-2H3;1-2H2/b13-12+,25-5-,34-29?;;;. The molecule has 0 amide bonds. The molecule has 49 heavy (non-hydrogen) atoms. The van der Waals surface area contributed by atoms with Crippen LogP contribution in [0, 0.1) is 0 Å². The van der Waals surface area contributed by atoms with Crippen LogP contribution >= 0.6 is 0 Å². The number of aliphatic hydroxyl groups excluding tert-OH is 1. The molecule has 0 spiro atoms. The first-order valence-corrected chi connectivity index (χ1v) is 17.3. The zero-order valence-electron chi connectivity index (χ0n) is 31.8. The van der Waals surface area contributed by atoms with Crippen molar-refractivity contribution < 1.29 is 14.6 Å². The van der Waals surface area contributed by atoms with E-state index in [0.29, 0.717) is 25.3 Å². The van der Waals surface area contributed by atoms with Gasteiger partial charge in [0, 0.05) is 13.1 Å². The molecular formula is C40H66N6O3. The van der Waals surface area contributed by atoms with Crippen LogP contribution in [0.1, 0.15) is 79.4 Å². The summed E-state index contributed by atoms with van der Waals surface area (Å²) in [6.07, 6.45) is 10.0. The third kappa shape index (κ3) is 25.6. The Balaban J connectivity index is 0. The molecule has 0 saturated heterocycles. The summed E-state index contributed by atoms with van der Waals surface area (Å²) in [5, 5.41) is 23.3. The SMILES string of the molecule is C/C=C(/C)CN=C(CO)CNc1cc(/C=C/c2ccccc2)ccc1NC=NC(CC)CCNCCNC.C=C.CC.CC(C)(C)OC=O. The number of hydrogen-bond acceptors (Lipinski definition) is 8. The fraction of sp³-hybridized carbons (Fsp3) is 0.475. The van der Waals surface area contributed by atoms with Crippen molar-refractivity contribution in [2.75, 3.05) is 57.0 Å². The van der Waals surface area contributed by atoms with Crippen LogP contribution < -0.4 is 21.3 Å². The predicted molar refractivity (Wildman–Crippen MR) is 216 cm³/mol. The highest BCUT2D eigenvalue weighted by Gasteiger charge is 2.08. The monoisotopic (exact) mass is 679 g/mol. The molecule has 0 radical (unpaired) electrons. The Labute approximate surface area is 298 Å². The van der Waals surface area contributed by atoms with Gasteiger partial charge in [-0.3, -0.25) is 14.8 Å². The molecule has 5 N–H and O–H groups in total. The Hall–Kier alpha value is -4.05. The number of allylic oxidation sites excluding steroid dienone is 1. The quantitative estimate of drug-likeness (QED) is 0.0256. The van der Waals surface area contributed by atoms with Gasteiger partial charge < -0.3 is 31.1 Å². The number of anilines is 2. The number of nitrogens with one attached hydrogen (secondary N) is 4. The highest BCUT2D eigenvalue weighted by atomic mass is 16.5. The van der Waals surface area contributed by atoms with Crippen molar-refractivity contribution in [3.63, 3.8) is 0 Å². The lowest BCUT2D eigenvalue weighted by Crippen LogP contribution is -2.27. The van der Waals surface area contributed by atoms with E-state index >= 15 is 0 Å². The third-order valence-corrected chi connectivity index (χ3v) is 6.61. The first-order chi connectivity index (χ1) is 23.6. The highest BCUT2D eigenvalue weighted by Crippen LogP contribution is 2.24. The third-order valence-electron chi connectivity index (χ3n) is 6.61. The fourth-order valence-electron chi connectivity index (χ4n) is 3.73. The molecule has 1 unspecified atom stereocenters. The maximum Gasteiger partial charge on any atom is 0.293 e. The van der Waals surface area contributed by atoms with E-state index in [2.05, 4.69) is 93.6 Å². The molecule has 0 aliphatic rings. The van der Waals surface area contributed by atoms with Crippen molar-refractivity contribution in [1.82, 2.24) is 10.6 Å². The summed E-state index contributed by atoms with van der Waals surface area (Å²) in [6.45, 7) is 26.0. The Morgan fingerprint density at radius 2 is 1.67 bits per heavy atom. The van der Waals surface area contributed by atoms with Crippen molar-refractivity contribution >= 4 is 42.0 Å². The van der Waals surface area contributed by atoms with E-state index in [4.69, 9.17) is 4.99 Å².